The number of hydrogen-bond acceptors (Lipinski definition) is 2. The van der Waals surface area contributed by atoms with Gasteiger partial charge >= 0.3 is 0 Å². The van der Waals surface area contributed by atoms with Crippen LogP contribution < -0.4 is 0 Å². The first-order chi connectivity index (χ1) is 7.74. The molecule has 2 nitrogen and oxygen atoms in total. The van der Waals surface area contributed by atoms with Crippen LogP contribution in [0.5, 0.6) is 0 Å². The fourth-order valence-electron chi connectivity index (χ4n) is 3.81. The van der Waals surface area contributed by atoms with Gasteiger partial charge in [0.25, 0.3) is 0 Å². The van der Waals surface area contributed by atoms with E-state index in [1.54, 1.807) is 0 Å². The zero-order valence-corrected chi connectivity index (χ0v) is 10.2. The highest BCUT2D eigenvalue weighted by molar-refractivity contribution is 6.56. The predicted octanol–water partition coefficient (Wildman–Crippen LogP) is 3.74. The highest BCUT2D eigenvalue weighted by atomic mass is 35.5. The van der Waals surface area contributed by atoms with E-state index >= 15 is 0 Å². The van der Waals surface area contributed by atoms with Crippen LogP contribution in [0.2, 0.25) is 0 Å². The second-order valence-electron chi connectivity index (χ2n) is 4.83. The zero-order chi connectivity index (χ0) is 11.3. The number of halogens is 2. The molecule has 2 fully saturated rings. The Kier molecular flexibility index (Phi) is 2.52. The number of nitrogens with zero attached hydrogens (tertiary/aromatic N) is 1. The number of allylic oxidation sites excluding steroid dienone is 3. The van der Waals surface area contributed by atoms with Crippen LogP contribution in [-0.4, -0.2) is 10.9 Å². The van der Waals surface area contributed by atoms with Crippen molar-refractivity contribution in [3.8, 4) is 0 Å². The number of oxime groups is 1. The lowest BCUT2D eigenvalue weighted by Gasteiger charge is -2.31. The Morgan fingerprint density at radius 2 is 2.06 bits per heavy atom. The maximum absolute atomic E-state index is 9.06. The summed E-state index contributed by atoms with van der Waals surface area (Å²) in [6.45, 7) is 0. The van der Waals surface area contributed by atoms with Crippen LogP contribution in [0.15, 0.2) is 27.4 Å². The van der Waals surface area contributed by atoms with Crippen molar-refractivity contribution in [2.45, 2.75) is 19.3 Å². The monoisotopic (exact) mass is 257 g/mol. The summed E-state index contributed by atoms with van der Waals surface area (Å²) in [5.74, 6) is 1.64. The van der Waals surface area contributed by atoms with E-state index in [1.165, 1.54) is 5.57 Å². The summed E-state index contributed by atoms with van der Waals surface area (Å²) in [7, 11) is 0. The minimum Gasteiger partial charge on any atom is -0.411 e. The molecule has 0 amide bonds. The summed E-state index contributed by atoms with van der Waals surface area (Å²) in [6, 6.07) is 0. The van der Waals surface area contributed by atoms with E-state index in [2.05, 4.69) is 17.3 Å². The Labute approximate surface area is 105 Å². The van der Waals surface area contributed by atoms with E-state index in [-0.39, 0.29) is 0 Å². The molecule has 0 heterocycles. The molecule has 0 aromatic rings. The first kappa shape index (κ1) is 10.7. The largest absolute Gasteiger partial charge is 0.411 e. The highest BCUT2D eigenvalue weighted by Gasteiger charge is 2.53. The smallest absolute Gasteiger partial charge is 0.106 e. The molecular formula is C12H13Cl2NO. The molecule has 4 heteroatoms. The summed E-state index contributed by atoms with van der Waals surface area (Å²) >= 11 is 12.0. The summed E-state index contributed by atoms with van der Waals surface area (Å²) < 4.78 is 0.438. The molecule has 3 rings (SSSR count). The van der Waals surface area contributed by atoms with E-state index < -0.39 is 0 Å². The summed E-state index contributed by atoms with van der Waals surface area (Å²) in [4.78, 5) is 0. The van der Waals surface area contributed by atoms with Gasteiger partial charge in [0.05, 0.1) is 5.71 Å². The molecule has 2 bridgehead atoms. The summed E-state index contributed by atoms with van der Waals surface area (Å²) in [5.41, 5.74) is 2.10. The van der Waals surface area contributed by atoms with Crippen LogP contribution in [0.4, 0.5) is 0 Å². The van der Waals surface area contributed by atoms with Crippen LogP contribution >= 0.6 is 23.2 Å². The molecule has 0 aromatic heterocycles. The second kappa shape index (κ2) is 3.78. The Morgan fingerprint density at radius 1 is 1.31 bits per heavy atom. The number of fused-ring (bicyclic) bond motifs is 5. The topological polar surface area (TPSA) is 32.6 Å². The minimum absolute atomic E-state index is 0.330. The van der Waals surface area contributed by atoms with Crippen LogP contribution in [0.25, 0.3) is 0 Å². The van der Waals surface area contributed by atoms with Crippen molar-refractivity contribution in [3.63, 3.8) is 0 Å². The Morgan fingerprint density at radius 3 is 2.75 bits per heavy atom. The van der Waals surface area contributed by atoms with E-state index in [0.29, 0.717) is 28.2 Å². The molecule has 0 saturated heterocycles. The molecule has 3 aliphatic rings. The predicted molar refractivity (Wildman–Crippen MR) is 64.9 cm³/mol. The van der Waals surface area contributed by atoms with Gasteiger partial charge in [-0.15, -0.1) is 0 Å². The lowest BCUT2D eigenvalue weighted by Crippen LogP contribution is -2.30. The zero-order valence-electron chi connectivity index (χ0n) is 8.74. The Balaban J connectivity index is 2.07. The average Bonchev–Trinajstić information content (AvgIpc) is 2.84. The third-order valence-electron chi connectivity index (χ3n) is 4.32. The first-order valence-corrected chi connectivity index (χ1v) is 6.42. The molecule has 0 radical (unpaired) electrons. The lowest BCUT2D eigenvalue weighted by atomic mass is 9.73. The quantitative estimate of drug-likeness (QED) is 0.400. The van der Waals surface area contributed by atoms with E-state index in [9.17, 15) is 0 Å². The summed E-state index contributed by atoms with van der Waals surface area (Å²) in [6.07, 6.45) is 7.38. The van der Waals surface area contributed by atoms with Crippen molar-refractivity contribution in [3.05, 3.63) is 22.2 Å². The molecule has 0 aromatic carbocycles. The SMILES string of the molecule is O/N=C1\CC=CC2C1[C@H]1CC[C@@H]2C1=C(Cl)Cl. The third-order valence-corrected chi connectivity index (χ3v) is 4.75. The van der Waals surface area contributed by atoms with Crippen molar-refractivity contribution in [1.82, 2.24) is 0 Å². The van der Waals surface area contributed by atoms with Gasteiger partial charge in [-0.2, -0.15) is 0 Å². The molecule has 0 spiro atoms. The molecule has 1 N–H and O–H groups in total. The Bertz CT molecular complexity index is 409. The van der Waals surface area contributed by atoms with Crippen molar-refractivity contribution >= 4 is 28.9 Å². The molecule has 2 saturated carbocycles. The van der Waals surface area contributed by atoms with E-state index in [1.807, 2.05) is 0 Å². The molecule has 3 aliphatic carbocycles. The van der Waals surface area contributed by atoms with Gasteiger partial charge in [0.15, 0.2) is 0 Å². The first-order valence-electron chi connectivity index (χ1n) is 5.66. The van der Waals surface area contributed by atoms with E-state index in [4.69, 9.17) is 28.4 Å². The molecule has 86 valence electrons. The van der Waals surface area contributed by atoms with E-state index in [0.717, 1.165) is 25.0 Å². The van der Waals surface area contributed by atoms with Gasteiger partial charge in [0, 0.05) is 12.3 Å². The van der Waals surface area contributed by atoms with Crippen molar-refractivity contribution in [1.29, 1.82) is 0 Å². The summed E-state index contributed by atoms with van der Waals surface area (Å²) in [5, 5.41) is 12.5. The maximum Gasteiger partial charge on any atom is 0.106 e. The van der Waals surface area contributed by atoms with Crippen LogP contribution in [0, 0.1) is 23.7 Å². The fourth-order valence-corrected chi connectivity index (χ4v) is 4.37. The molecule has 4 atom stereocenters. The van der Waals surface area contributed by atoms with Crippen LogP contribution in [0.1, 0.15) is 19.3 Å². The van der Waals surface area contributed by atoms with Crippen molar-refractivity contribution in [2.24, 2.45) is 28.8 Å². The third kappa shape index (κ3) is 1.29. The average molecular weight is 258 g/mol. The van der Waals surface area contributed by atoms with Gasteiger partial charge in [-0.05, 0) is 36.2 Å². The number of hydrogen-bond donors (Lipinski definition) is 1. The van der Waals surface area contributed by atoms with Gasteiger partial charge in [-0.3, -0.25) is 0 Å². The van der Waals surface area contributed by atoms with Gasteiger partial charge in [-0.25, -0.2) is 0 Å². The van der Waals surface area contributed by atoms with Gasteiger partial charge in [-0.1, -0.05) is 40.5 Å². The minimum atomic E-state index is 0.330. The van der Waals surface area contributed by atoms with Gasteiger partial charge < -0.3 is 5.21 Å². The second-order valence-corrected chi connectivity index (χ2v) is 5.78. The standard InChI is InChI=1S/C12H13Cl2NO/c13-12(14)11-7-4-5-8(11)10-6(7)2-1-3-9(10)15-16/h1-2,6-8,10,16H,3-5H2/b15-9+/t6?,7-,8+,10?/m0/s1. The normalized spacial score (nSPS) is 42.9. The molecule has 16 heavy (non-hydrogen) atoms. The van der Waals surface area contributed by atoms with Crippen LogP contribution in [-0.2, 0) is 0 Å². The fraction of sp³-hybridized carbons (Fsp3) is 0.583. The molecular weight excluding hydrogens is 245 g/mol. The maximum atomic E-state index is 9.06. The van der Waals surface area contributed by atoms with Crippen LogP contribution in [0.3, 0.4) is 0 Å². The molecule has 0 aliphatic heterocycles. The Hall–Kier alpha value is -0.470. The van der Waals surface area contributed by atoms with Crippen molar-refractivity contribution < 1.29 is 5.21 Å². The number of rotatable bonds is 0. The molecule has 2 unspecified atom stereocenters. The van der Waals surface area contributed by atoms with Gasteiger partial charge in [0.1, 0.15) is 4.49 Å². The van der Waals surface area contributed by atoms with Crippen molar-refractivity contribution in [2.75, 3.05) is 0 Å². The van der Waals surface area contributed by atoms with Gasteiger partial charge in [0.2, 0.25) is 0 Å². The lowest BCUT2D eigenvalue weighted by molar-refractivity contribution is 0.288. The highest BCUT2D eigenvalue weighted by Crippen LogP contribution is 2.59.